The molecule has 5 heteroatoms. The highest BCUT2D eigenvalue weighted by molar-refractivity contribution is 9.10. The minimum Gasteiger partial charge on any atom is -0.485 e. The smallest absolute Gasteiger partial charge is 0.209 e. The second-order valence-corrected chi connectivity index (χ2v) is 5.27. The number of hydrogen-bond donors (Lipinski definition) is 0. The van der Waals surface area contributed by atoms with Crippen LogP contribution in [0.25, 0.3) is 0 Å². The van der Waals surface area contributed by atoms with Crippen LogP contribution in [-0.4, -0.2) is 18.5 Å². The molecule has 3 nitrogen and oxygen atoms in total. The Morgan fingerprint density at radius 2 is 1.95 bits per heavy atom. The van der Waals surface area contributed by atoms with Gasteiger partial charge in [0, 0.05) is 4.47 Å². The van der Waals surface area contributed by atoms with Gasteiger partial charge in [-0.15, -0.1) is 0 Å². The van der Waals surface area contributed by atoms with Crippen molar-refractivity contribution in [1.82, 2.24) is 0 Å². The summed E-state index contributed by atoms with van der Waals surface area (Å²) in [5, 5.41) is 0. The average molecular weight is 337 g/mol. The zero-order valence-electron chi connectivity index (χ0n) is 10.3. The number of Topliss-reactive ketones (excluding diaryl/α,β-unsaturated/α-hetero) is 1. The summed E-state index contributed by atoms with van der Waals surface area (Å²) in [5.74, 6) is 0.0812. The van der Waals surface area contributed by atoms with Gasteiger partial charge in [0.1, 0.15) is 12.4 Å². The second-order valence-electron chi connectivity index (χ2n) is 4.35. The van der Waals surface area contributed by atoms with Gasteiger partial charge in [0.25, 0.3) is 0 Å². The summed E-state index contributed by atoms with van der Waals surface area (Å²) >= 11 is 3.22. The zero-order chi connectivity index (χ0) is 14.1. The highest BCUT2D eigenvalue weighted by atomic mass is 79.9. The largest absolute Gasteiger partial charge is 0.485 e. The predicted molar refractivity (Wildman–Crippen MR) is 74.8 cm³/mol. The van der Waals surface area contributed by atoms with Gasteiger partial charge >= 0.3 is 0 Å². The Hall–Kier alpha value is -1.88. The molecule has 0 fully saturated rings. The summed E-state index contributed by atoms with van der Waals surface area (Å²) in [6.45, 7) is 0.0712. The van der Waals surface area contributed by atoms with Crippen LogP contribution in [0, 0.1) is 5.82 Å². The average Bonchev–Trinajstić information content (AvgIpc) is 2.48. The van der Waals surface area contributed by atoms with E-state index < -0.39 is 17.7 Å². The molecule has 0 saturated carbocycles. The fraction of sp³-hybridized carbons (Fsp3) is 0.133. The monoisotopic (exact) mass is 336 g/mol. The lowest BCUT2D eigenvalue weighted by Gasteiger charge is -2.25. The van der Waals surface area contributed by atoms with E-state index in [1.807, 2.05) is 6.07 Å². The van der Waals surface area contributed by atoms with Crippen LogP contribution < -0.4 is 9.47 Å². The number of carbonyl (C=O) groups excluding carboxylic acids is 1. The Bertz CT molecular complexity index is 672. The molecule has 1 aliphatic heterocycles. The Morgan fingerprint density at radius 3 is 2.75 bits per heavy atom. The lowest BCUT2D eigenvalue weighted by atomic mass is 10.1. The number of carbonyl (C=O) groups is 1. The van der Waals surface area contributed by atoms with Gasteiger partial charge in [0.05, 0.1) is 5.56 Å². The Balaban J connectivity index is 1.88. The lowest BCUT2D eigenvalue weighted by Crippen LogP contribution is -2.37. The molecule has 1 unspecified atom stereocenters. The van der Waals surface area contributed by atoms with E-state index in [0.29, 0.717) is 16.0 Å². The molecule has 1 aliphatic rings. The van der Waals surface area contributed by atoms with Crippen molar-refractivity contribution in [2.24, 2.45) is 0 Å². The first kappa shape index (κ1) is 13.1. The van der Waals surface area contributed by atoms with Crippen LogP contribution in [0.3, 0.4) is 0 Å². The maximum absolute atomic E-state index is 13.7. The lowest BCUT2D eigenvalue weighted by molar-refractivity contribution is 0.0582. The Kier molecular flexibility index (Phi) is 3.44. The normalized spacial score (nSPS) is 16.8. The highest BCUT2D eigenvalue weighted by Crippen LogP contribution is 2.32. The molecule has 0 aliphatic carbocycles. The molecule has 0 N–H and O–H groups in total. The molecule has 2 aromatic carbocycles. The van der Waals surface area contributed by atoms with Crippen molar-refractivity contribution in [3.63, 3.8) is 0 Å². The Labute approximate surface area is 123 Å². The molecule has 0 saturated heterocycles. The zero-order valence-corrected chi connectivity index (χ0v) is 11.9. The summed E-state index contributed by atoms with van der Waals surface area (Å²) in [6, 6.07) is 11.3. The van der Waals surface area contributed by atoms with Gasteiger partial charge in [0.15, 0.2) is 17.6 Å². The molecule has 0 bridgehead atoms. The number of rotatable bonds is 2. The molecular weight excluding hydrogens is 327 g/mol. The number of hydrogen-bond acceptors (Lipinski definition) is 3. The molecular formula is C15H10BrFO3. The molecule has 0 aromatic heterocycles. The molecule has 0 spiro atoms. The SMILES string of the molecule is O=C(c1cc(Br)ccc1F)C1COc2ccccc2O1. The number of fused-ring (bicyclic) bond motifs is 1. The van der Waals surface area contributed by atoms with E-state index in [4.69, 9.17) is 9.47 Å². The fourth-order valence-electron chi connectivity index (χ4n) is 2.01. The maximum atomic E-state index is 13.7. The fourth-order valence-corrected chi connectivity index (χ4v) is 2.37. The van der Waals surface area contributed by atoms with Crippen LogP contribution in [0.15, 0.2) is 46.9 Å². The van der Waals surface area contributed by atoms with Crippen molar-refractivity contribution in [2.75, 3.05) is 6.61 Å². The first-order valence-corrected chi connectivity index (χ1v) is 6.82. The minimum absolute atomic E-state index is 0.00708. The van der Waals surface area contributed by atoms with Gasteiger partial charge in [-0.25, -0.2) is 4.39 Å². The third kappa shape index (κ3) is 2.41. The quantitative estimate of drug-likeness (QED) is 0.786. The highest BCUT2D eigenvalue weighted by Gasteiger charge is 2.29. The summed E-state index contributed by atoms with van der Waals surface area (Å²) in [7, 11) is 0. The van der Waals surface area contributed by atoms with Gasteiger partial charge < -0.3 is 9.47 Å². The summed E-state index contributed by atoms with van der Waals surface area (Å²) in [6.07, 6.45) is -0.839. The van der Waals surface area contributed by atoms with E-state index in [2.05, 4.69) is 15.9 Å². The molecule has 0 amide bonds. The topological polar surface area (TPSA) is 35.5 Å². The van der Waals surface area contributed by atoms with Crippen molar-refractivity contribution >= 4 is 21.7 Å². The third-order valence-electron chi connectivity index (χ3n) is 2.99. The van der Waals surface area contributed by atoms with Crippen LogP contribution >= 0.6 is 15.9 Å². The molecule has 102 valence electrons. The van der Waals surface area contributed by atoms with Crippen molar-refractivity contribution < 1.29 is 18.7 Å². The maximum Gasteiger partial charge on any atom is 0.209 e. The van der Waals surface area contributed by atoms with Crippen molar-refractivity contribution in [3.05, 3.63) is 58.3 Å². The van der Waals surface area contributed by atoms with Gasteiger partial charge in [-0.05, 0) is 30.3 Å². The summed E-state index contributed by atoms with van der Waals surface area (Å²) in [4.78, 5) is 12.3. The minimum atomic E-state index is -0.839. The van der Waals surface area contributed by atoms with Crippen LogP contribution in [0.5, 0.6) is 11.5 Å². The van der Waals surface area contributed by atoms with Crippen molar-refractivity contribution in [2.45, 2.75) is 6.10 Å². The van der Waals surface area contributed by atoms with Crippen LogP contribution in [0.4, 0.5) is 4.39 Å². The molecule has 1 heterocycles. The van der Waals surface area contributed by atoms with Gasteiger partial charge in [-0.2, -0.15) is 0 Å². The first-order valence-electron chi connectivity index (χ1n) is 6.03. The van der Waals surface area contributed by atoms with E-state index in [0.717, 1.165) is 0 Å². The molecule has 2 aromatic rings. The van der Waals surface area contributed by atoms with Crippen molar-refractivity contribution in [3.8, 4) is 11.5 Å². The van der Waals surface area contributed by atoms with E-state index >= 15 is 0 Å². The van der Waals surface area contributed by atoms with E-state index in [9.17, 15) is 9.18 Å². The molecule has 0 radical (unpaired) electrons. The van der Waals surface area contributed by atoms with Crippen molar-refractivity contribution in [1.29, 1.82) is 0 Å². The van der Waals surface area contributed by atoms with E-state index in [1.165, 1.54) is 12.1 Å². The van der Waals surface area contributed by atoms with Crippen LogP contribution in [-0.2, 0) is 0 Å². The number of benzene rings is 2. The number of ether oxygens (including phenoxy) is 2. The second kappa shape index (κ2) is 5.25. The number of para-hydroxylation sites is 2. The Morgan fingerprint density at radius 1 is 1.20 bits per heavy atom. The summed E-state index contributed by atoms with van der Waals surface area (Å²) in [5.41, 5.74) is -0.00708. The summed E-state index contributed by atoms with van der Waals surface area (Å²) < 4.78 is 25.4. The molecule has 3 rings (SSSR count). The first-order chi connectivity index (χ1) is 9.65. The predicted octanol–water partition coefficient (Wildman–Crippen LogP) is 3.61. The molecule has 20 heavy (non-hydrogen) atoms. The molecule has 1 atom stereocenters. The van der Waals surface area contributed by atoms with Crippen LogP contribution in [0.2, 0.25) is 0 Å². The number of halogens is 2. The van der Waals surface area contributed by atoms with Gasteiger partial charge in [0.2, 0.25) is 5.78 Å². The van der Waals surface area contributed by atoms with Gasteiger partial charge in [-0.3, -0.25) is 4.79 Å². The van der Waals surface area contributed by atoms with Gasteiger partial charge in [-0.1, -0.05) is 28.1 Å². The third-order valence-corrected chi connectivity index (χ3v) is 3.49. The number of ketones is 1. The van der Waals surface area contributed by atoms with E-state index in [1.54, 1.807) is 24.3 Å². The van der Waals surface area contributed by atoms with E-state index in [-0.39, 0.29) is 12.2 Å². The standard InChI is InChI=1S/C15H10BrFO3/c16-9-5-6-11(17)10(7-9)15(18)14-8-19-12-3-1-2-4-13(12)20-14/h1-7,14H,8H2. The van der Waals surface area contributed by atoms with Crippen LogP contribution in [0.1, 0.15) is 10.4 Å².